The molecule has 0 aliphatic carbocycles. The van der Waals surface area contributed by atoms with E-state index >= 15 is 0 Å². The average molecular weight is 311 g/mol. The summed E-state index contributed by atoms with van der Waals surface area (Å²) >= 11 is 0. The van der Waals surface area contributed by atoms with Crippen molar-refractivity contribution in [2.24, 2.45) is 0 Å². The number of hydrogen-bond donors (Lipinski definition) is 2. The van der Waals surface area contributed by atoms with E-state index in [0.29, 0.717) is 11.3 Å². The van der Waals surface area contributed by atoms with E-state index in [9.17, 15) is 13.2 Å². The number of rotatable bonds is 5. The van der Waals surface area contributed by atoms with E-state index in [0.717, 1.165) is 0 Å². The van der Waals surface area contributed by atoms with Crippen molar-refractivity contribution in [2.75, 3.05) is 11.4 Å². The van der Waals surface area contributed by atoms with E-state index < -0.39 is 16.0 Å². The van der Waals surface area contributed by atoms with Gasteiger partial charge in [0.15, 0.2) is 0 Å². The molecule has 0 spiro atoms. The first kappa shape index (κ1) is 15.2. The zero-order valence-electron chi connectivity index (χ0n) is 12.0. The maximum absolute atomic E-state index is 12.4. The lowest BCUT2D eigenvalue weighted by Gasteiger charge is -2.09. The molecule has 0 saturated heterocycles. The van der Waals surface area contributed by atoms with E-state index in [1.54, 1.807) is 45.3 Å². The van der Waals surface area contributed by atoms with Crippen molar-refractivity contribution in [1.29, 1.82) is 0 Å². The Morgan fingerprint density at radius 2 is 1.95 bits per heavy atom. The van der Waals surface area contributed by atoms with Gasteiger partial charge in [0.05, 0.1) is 6.61 Å². The normalized spacial score (nSPS) is 11.4. The number of sulfonamides is 1. The second-order valence-electron chi connectivity index (χ2n) is 4.48. The molecule has 0 aromatic carbocycles. The molecule has 0 atom stereocenters. The van der Waals surface area contributed by atoms with Gasteiger partial charge in [0.1, 0.15) is 10.6 Å². The summed E-state index contributed by atoms with van der Waals surface area (Å²) in [7, 11) is -3.80. The standard InChI is InChI=1S/C13H17N3O4S/c1-4-20-13(17)11-9(2)12(10(3)14-11)21(18,19)15-16-7-5-6-8-16/h5-8,14-15H,4H2,1-3H3. The van der Waals surface area contributed by atoms with Gasteiger partial charge >= 0.3 is 5.97 Å². The minimum Gasteiger partial charge on any atom is -0.461 e. The molecular weight excluding hydrogens is 294 g/mol. The smallest absolute Gasteiger partial charge is 0.355 e. The molecule has 0 bridgehead atoms. The number of hydrogen-bond acceptors (Lipinski definition) is 4. The summed E-state index contributed by atoms with van der Waals surface area (Å²) in [5, 5.41) is 0. The van der Waals surface area contributed by atoms with Crippen LogP contribution in [0.2, 0.25) is 0 Å². The average Bonchev–Trinajstić information content (AvgIpc) is 2.97. The number of H-pyrrole nitrogens is 1. The highest BCUT2D eigenvalue weighted by atomic mass is 32.2. The van der Waals surface area contributed by atoms with E-state index in [-0.39, 0.29) is 17.2 Å². The first-order chi connectivity index (χ1) is 9.86. The van der Waals surface area contributed by atoms with Crippen molar-refractivity contribution in [3.8, 4) is 0 Å². The van der Waals surface area contributed by atoms with Crippen LogP contribution in [0.1, 0.15) is 28.7 Å². The Balaban J connectivity index is 2.42. The fraction of sp³-hybridized carbons (Fsp3) is 0.308. The van der Waals surface area contributed by atoms with Gasteiger partial charge in [0, 0.05) is 23.7 Å². The molecule has 2 heterocycles. The van der Waals surface area contributed by atoms with Crippen LogP contribution in [0.5, 0.6) is 0 Å². The molecule has 0 aliphatic heterocycles. The zero-order chi connectivity index (χ0) is 15.6. The van der Waals surface area contributed by atoms with Crippen LogP contribution in [0.25, 0.3) is 0 Å². The topological polar surface area (TPSA) is 93.2 Å². The zero-order valence-corrected chi connectivity index (χ0v) is 12.8. The molecule has 0 unspecified atom stereocenters. The lowest BCUT2D eigenvalue weighted by molar-refractivity contribution is 0.0519. The predicted octanol–water partition coefficient (Wildman–Crippen LogP) is 1.54. The molecule has 2 N–H and O–H groups in total. The number of nitrogens with one attached hydrogen (secondary N) is 2. The maximum Gasteiger partial charge on any atom is 0.355 e. The summed E-state index contributed by atoms with van der Waals surface area (Å²) in [5.74, 6) is -0.569. The molecule has 0 amide bonds. The van der Waals surface area contributed by atoms with E-state index in [1.165, 1.54) is 4.68 Å². The molecule has 2 rings (SSSR count). The van der Waals surface area contributed by atoms with Crippen molar-refractivity contribution < 1.29 is 17.9 Å². The molecule has 0 radical (unpaired) electrons. The van der Waals surface area contributed by atoms with Crippen LogP contribution in [0.4, 0.5) is 0 Å². The van der Waals surface area contributed by atoms with Crippen LogP contribution in [-0.4, -0.2) is 30.7 Å². The molecule has 0 saturated carbocycles. The van der Waals surface area contributed by atoms with Gasteiger partial charge in [-0.1, -0.05) is 0 Å². The third-order valence-electron chi connectivity index (χ3n) is 2.95. The molecule has 7 nitrogen and oxygen atoms in total. The van der Waals surface area contributed by atoms with E-state index in [1.807, 2.05) is 0 Å². The summed E-state index contributed by atoms with van der Waals surface area (Å²) in [4.78, 5) is 17.0. The first-order valence-corrected chi connectivity index (χ1v) is 7.87. The second kappa shape index (κ2) is 5.65. The van der Waals surface area contributed by atoms with Crippen LogP contribution in [0, 0.1) is 13.8 Å². The van der Waals surface area contributed by atoms with Gasteiger partial charge < -0.3 is 9.72 Å². The Morgan fingerprint density at radius 3 is 2.52 bits per heavy atom. The SMILES string of the molecule is CCOC(=O)c1[nH]c(C)c(S(=O)(=O)Nn2cccc2)c1C. The minimum absolute atomic E-state index is 0.0549. The fourth-order valence-corrected chi connectivity index (χ4v) is 3.57. The number of aryl methyl sites for hydroxylation is 1. The van der Waals surface area contributed by atoms with Gasteiger partial charge in [0.25, 0.3) is 10.0 Å². The highest BCUT2D eigenvalue weighted by Crippen LogP contribution is 2.24. The predicted molar refractivity (Wildman–Crippen MR) is 77.2 cm³/mol. The molecule has 0 aliphatic rings. The highest BCUT2D eigenvalue weighted by molar-refractivity contribution is 7.92. The molecule has 114 valence electrons. The summed E-state index contributed by atoms with van der Waals surface area (Å²) in [5.41, 5.74) is 0.878. The quantitative estimate of drug-likeness (QED) is 0.819. The number of nitrogens with zero attached hydrogens (tertiary/aromatic N) is 1. The van der Waals surface area contributed by atoms with Gasteiger partial charge in [-0.25, -0.2) is 9.63 Å². The summed E-state index contributed by atoms with van der Waals surface area (Å²) in [6, 6.07) is 3.40. The lowest BCUT2D eigenvalue weighted by atomic mass is 10.2. The number of carbonyl (C=O) groups is 1. The Labute approximate surface area is 122 Å². The van der Waals surface area contributed by atoms with Crippen LogP contribution in [-0.2, 0) is 14.8 Å². The van der Waals surface area contributed by atoms with Gasteiger partial charge in [0.2, 0.25) is 0 Å². The third-order valence-corrected chi connectivity index (χ3v) is 4.55. The van der Waals surface area contributed by atoms with Gasteiger partial charge in [-0.15, -0.1) is 0 Å². The number of ether oxygens (including phenoxy) is 1. The monoisotopic (exact) mass is 311 g/mol. The summed E-state index contributed by atoms with van der Waals surface area (Å²) < 4.78 is 31.1. The largest absolute Gasteiger partial charge is 0.461 e. The Morgan fingerprint density at radius 1 is 1.33 bits per heavy atom. The van der Waals surface area contributed by atoms with Crippen molar-refractivity contribution >= 4 is 16.0 Å². The molecule has 2 aromatic heterocycles. The van der Waals surface area contributed by atoms with Crippen molar-refractivity contribution in [3.63, 3.8) is 0 Å². The Hall–Kier alpha value is -2.22. The molecular formula is C13H17N3O4S. The molecule has 2 aromatic rings. The first-order valence-electron chi connectivity index (χ1n) is 6.39. The van der Waals surface area contributed by atoms with Gasteiger partial charge in [-0.3, -0.25) is 4.68 Å². The van der Waals surface area contributed by atoms with Gasteiger partial charge in [-0.05, 0) is 32.9 Å². The van der Waals surface area contributed by atoms with Crippen molar-refractivity contribution in [3.05, 3.63) is 41.5 Å². The third kappa shape index (κ3) is 2.94. The van der Waals surface area contributed by atoms with Crippen LogP contribution >= 0.6 is 0 Å². The minimum atomic E-state index is -3.80. The molecule has 21 heavy (non-hydrogen) atoms. The maximum atomic E-state index is 12.4. The van der Waals surface area contributed by atoms with Gasteiger partial charge in [-0.2, -0.15) is 8.42 Å². The summed E-state index contributed by atoms with van der Waals surface area (Å²) in [6.45, 7) is 5.08. The fourth-order valence-electron chi connectivity index (χ4n) is 2.12. The van der Waals surface area contributed by atoms with Crippen LogP contribution in [0.15, 0.2) is 29.4 Å². The highest BCUT2D eigenvalue weighted by Gasteiger charge is 2.27. The number of esters is 1. The molecule has 0 fully saturated rings. The number of aromatic amines is 1. The number of aromatic nitrogens is 2. The van der Waals surface area contributed by atoms with Crippen molar-refractivity contribution in [2.45, 2.75) is 25.7 Å². The number of carbonyl (C=O) groups excluding carboxylic acids is 1. The Bertz CT molecular complexity index is 745. The van der Waals surface area contributed by atoms with E-state index in [4.69, 9.17) is 4.74 Å². The second-order valence-corrected chi connectivity index (χ2v) is 6.08. The molecule has 8 heteroatoms. The summed E-state index contributed by atoms with van der Waals surface area (Å²) in [6.07, 6.45) is 3.14. The van der Waals surface area contributed by atoms with Crippen LogP contribution < -0.4 is 4.83 Å². The van der Waals surface area contributed by atoms with Crippen LogP contribution in [0.3, 0.4) is 0 Å². The van der Waals surface area contributed by atoms with Crippen molar-refractivity contribution in [1.82, 2.24) is 9.66 Å². The Kier molecular flexibility index (Phi) is 4.08. The van der Waals surface area contributed by atoms with E-state index in [2.05, 4.69) is 9.82 Å². The lowest BCUT2D eigenvalue weighted by Crippen LogP contribution is -2.22.